The van der Waals surface area contributed by atoms with Gasteiger partial charge in [-0.05, 0) is 62.6 Å². The second-order valence-electron chi connectivity index (χ2n) is 6.62. The molecule has 0 bridgehead atoms. The normalized spacial score (nSPS) is 15.1. The number of hydrogen-bond donors (Lipinski definition) is 3. The molecule has 2 aromatic heterocycles. The average molecular weight is 421 g/mol. The lowest BCUT2D eigenvalue weighted by molar-refractivity contribution is -0.112. The molecule has 2 aromatic rings. The number of hydrogen-bond acceptors (Lipinski definition) is 4. The molecule has 148 valence electrons. The molecule has 2 aliphatic rings. The molecule has 0 atom stereocenters. The highest BCUT2D eigenvalue weighted by Crippen LogP contribution is 2.44. The number of pyridine rings is 1. The highest BCUT2D eigenvalue weighted by Gasteiger charge is 2.25. The maximum Gasteiger partial charge on any atom is 0.503 e. The summed E-state index contributed by atoms with van der Waals surface area (Å²) in [6.45, 7) is 0. The number of carbonyl (C=O) groups excluding carboxylic acids is 1. The number of carboxylic acid groups (broad SMARTS) is 2. The van der Waals surface area contributed by atoms with Crippen LogP contribution in [0.5, 0.6) is 0 Å². The number of thiophene rings is 1. The molecule has 3 N–H and O–H groups in total. The quantitative estimate of drug-likeness (QED) is 0.560. The topological polar surface area (TPSA) is 99.5 Å². The Hall–Kier alpha value is -2.38. The van der Waals surface area contributed by atoms with Gasteiger partial charge < -0.3 is 15.5 Å². The van der Waals surface area contributed by atoms with Gasteiger partial charge in [-0.2, -0.15) is 0 Å². The van der Waals surface area contributed by atoms with E-state index in [1.54, 1.807) is 17.4 Å². The van der Waals surface area contributed by atoms with E-state index in [0.717, 1.165) is 53.9 Å². The standard InChI is InChI=1S/C19H19ClN2OS.CH2O3/c20-16-11-5-9-14(21-16)17-13-8-3-4-10-15(13)24-19(17)22-18(23)12-6-1-2-7-12;2-1(3)4/h5-6,9,11H,1-4,7-8,10H2,(H,22,23);(H2,2,3,4). The van der Waals surface area contributed by atoms with Gasteiger partial charge in [-0.3, -0.25) is 4.79 Å². The Morgan fingerprint density at radius 3 is 2.54 bits per heavy atom. The lowest BCUT2D eigenvalue weighted by Crippen LogP contribution is -2.13. The van der Waals surface area contributed by atoms with Crippen LogP contribution < -0.4 is 5.32 Å². The molecule has 0 unspecified atom stereocenters. The molecule has 2 heterocycles. The van der Waals surface area contributed by atoms with E-state index < -0.39 is 6.16 Å². The lowest BCUT2D eigenvalue weighted by atomic mass is 9.94. The first-order valence-corrected chi connectivity index (χ1v) is 10.3. The van der Waals surface area contributed by atoms with E-state index in [9.17, 15) is 4.79 Å². The Kier molecular flexibility index (Phi) is 6.70. The van der Waals surface area contributed by atoms with Crippen molar-refractivity contribution in [3.8, 4) is 11.3 Å². The van der Waals surface area contributed by atoms with Crippen molar-refractivity contribution in [3.63, 3.8) is 0 Å². The van der Waals surface area contributed by atoms with Gasteiger partial charge >= 0.3 is 6.16 Å². The largest absolute Gasteiger partial charge is 0.503 e. The van der Waals surface area contributed by atoms with Crippen molar-refractivity contribution in [3.05, 3.63) is 45.4 Å². The second-order valence-corrected chi connectivity index (χ2v) is 8.11. The van der Waals surface area contributed by atoms with E-state index in [2.05, 4.69) is 16.4 Å². The Morgan fingerprint density at radius 2 is 1.86 bits per heavy atom. The van der Waals surface area contributed by atoms with Gasteiger partial charge in [-0.1, -0.05) is 23.7 Å². The Balaban J connectivity index is 0.000000516. The molecule has 0 saturated carbocycles. The van der Waals surface area contributed by atoms with Crippen LogP contribution in [0.15, 0.2) is 29.8 Å². The summed E-state index contributed by atoms with van der Waals surface area (Å²) >= 11 is 7.81. The van der Waals surface area contributed by atoms with Crippen molar-refractivity contribution >= 4 is 40.0 Å². The number of allylic oxidation sites excluding steroid dienone is 1. The van der Waals surface area contributed by atoms with E-state index in [1.807, 2.05) is 12.1 Å². The predicted molar refractivity (Wildman–Crippen MR) is 110 cm³/mol. The van der Waals surface area contributed by atoms with E-state index >= 15 is 0 Å². The molecule has 28 heavy (non-hydrogen) atoms. The maximum atomic E-state index is 12.6. The summed E-state index contributed by atoms with van der Waals surface area (Å²) in [7, 11) is 0. The van der Waals surface area contributed by atoms with Gasteiger partial charge in [-0.15, -0.1) is 11.3 Å². The SMILES string of the molecule is O=C(Nc1sc2c(c1-c1cccc(Cl)n1)CCCC2)C1=CCCC1.O=C(O)O. The summed E-state index contributed by atoms with van der Waals surface area (Å²) in [5.74, 6) is 0.0365. The number of aryl methyl sites for hydroxylation is 1. The number of nitrogens with one attached hydrogen (secondary N) is 1. The van der Waals surface area contributed by atoms with Crippen LogP contribution in [0.1, 0.15) is 42.5 Å². The van der Waals surface area contributed by atoms with Gasteiger partial charge in [0.25, 0.3) is 5.91 Å². The number of halogens is 1. The monoisotopic (exact) mass is 420 g/mol. The highest BCUT2D eigenvalue weighted by molar-refractivity contribution is 7.17. The number of nitrogens with zero attached hydrogens (tertiary/aromatic N) is 1. The predicted octanol–water partition coefficient (Wildman–Crippen LogP) is 5.61. The van der Waals surface area contributed by atoms with Gasteiger partial charge in [0.15, 0.2) is 0 Å². The number of fused-ring (bicyclic) bond motifs is 1. The Labute approximate surface area is 171 Å². The fourth-order valence-corrected chi connectivity index (χ4v) is 4.99. The fraction of sp³-hybridized carbons (Fsp3) is 0.350. The first kappa shape index (κ1) is 20.4. The summed E-state index contributed by atoms with van der Waals surface area (Å²) in [5, 5.41) is 18.5. The van der Waals surface area contributed by atoms with Crippen molar-refractivity contribution in [2.75, 3.05) is 5.32 Å². The van der Waals surface area contributed by atoms with Gasteiger partial charge in [0.2, 0.25) is 0 Å². The Morgan fingerprint density at radius 1 is 1.11 bits per heavy atom. The van der Waals surface area contributed by atoms with Crippen LogP contribution in [-0.2, 0) is 17.6 Å². The third-order valence-corrected chi connectivity index (χ3v) is 6.12. The minimum atomic E-state index is -1.83. The molecular formula is C20H21ClN2O4S. The van der Waals surface area contributed by atoms with Crippen LogP contribution in [-0.4, -0.2) is 27.3 Å². The third kappa shape index (κ3) is 4.91. The van der Waals surface area contributed by atoms with Crippen molar-refractivity contribution < 1.29 is 19.8 Å². The van der Waals surface area contributed by atoms with Gasteiger partial charge in [0.05, 0.1) is 5.69 Å². The zero-order valence-electron chi connectivity index (χ0n) is 15.2. The highest BCUT2D eigenvalue weighted by atomic mass is 35.5. The third-order valence-electron chi connectivity index (χ3n) is 4.70. The summed E-state index contributed by atoms with van der Waals surface area (Å²) in [6, 6.07) is 5.68. The molecule has 8 heteroatoms. The minimum Gasteiger partial charge on any atom is -0.450 e. The molecule has 0 saturated heterocycles. The van der Waals surface area contributed by atoms with Crippen LogP contribution in [0.4, 0.5) is 9.80 Å². The first-order chi connectivity index (χ1) is 13.5. The van der Waals surface area contributed by atoms with Crippen LogP contribution in [0.2, 0.25) is 5.15 Å². The van der Waals surface area contributed by atoms with Crippen molar-refractivity contribution in [2.45, 2.75) is 44.9 Å². The zero-order valence-corrected chi connectivity index (χ0v) is 16.8. The smallest absolute Gasteiger partial charge is 0.450 e. The van der Waals surface area contributed by atoms with Gasteiger partial charge in [-0.25, -0.2) is 9.78 Å². The number of amides is 1. The summed E-state index contributed by atoms with van der Waals surface area (Å²) in [5.41, 5.74) is 4.19. The van der Waals surface area contributed by atoms with Crippen LogP contribution >= 0.6 is 22.9 Å². The average Bonchev–Trinajstić information content (AvgIpc) is 3.29. The molecule has 0 spiro atoms. The molecule has 4 rings (SSSR count). The molecule has 0 aromatic carbocycles. The second kappa shape index (κ2) is 9.21. The van der Waals surface area contributed by atoms with Crippen molar-refractivity contribution in [2.24, 2.45) is 0 Å². The summed E-state index contributed by atoms with van der Waals surface area (Å²) < 4.78 is 0. The minimum absolute atomic E-state index is 0.0365. The van der Waals surface area contributed by atoms with Crippen LogP contribution in [0.3, 0.4) is 0 Å². The zero-order chi connectivity index (χ0) is 20.1. The summed E-state index contributed by atoms with van der Waals surface area (Å²) in [6.07, 6.45) is 7.73. The van der Waals surface area contributed by atoms with E-state index in [-0.39, 0.29) is 5.91 Å². The van der Waals surface area contributed by atoms with Gasteiger partial charge in [0, 0.05) is 16.0 Å². The summed E-state index contributed by atoms with van der Waals surface area (Å²) in [4.78, 5) is 27.0. The molecule has 2 aliphatic carbocycles. The molecule has 0 radical (unpaired) electrons. The number of carbonyl (C=O) groups is 2. The van der Waals surface area contributed by atoms with Crippen molar-refractivity contribution in [1.82, 2.24) is 4.98 Å². The van der Waals surface area contributed by atoms with Crippen LogP contribution in [0, 0.1) is 0 Å². The van der Waals surface area contributed by atoms with Crippen LogP contribution in [0.25, 0.3) is 11.3 Å². The van der Waals surface area contributed by atoms with Gasteiger partial charge in [0.1, 0.15) is 10.2 Å². The number of anilines is 1. The molecule has 0 fully saturated rings. The van der Waals surface area contributed by atoms with Crippen molar-refractivity contribution in [1.29, 1.82) is 0 Å². The fourth-order valence-electron chi connectivity index (χ4n) is 3.53. The molecule has 0 aliphatic heterocycles. The number of rotatable bonds is 3. The molecule has 1 amide bonds. The molecular weight excluding hydrogens is 400 g/mol. The van der Waals surface area contributed by atoms with E-state index in [1.165, 1.54) is 23.3 Å². The maximum absolute atomic E-state index is 12.6. The first-order valence-electron chi connectivity index (χ1n) is 9.15. The Bertz CT molecular complexity index is 919. The van der Waals surface area contributed by atoms with E-state index in [0.29, 0.717) is 5.15 Å². The molecule has 6 nitrogen and oxygen atoms in total. The van der Waals surface area contributed by atoms with E-state index in [4.69, 9.17) is 26.6 Å². The lowest BCUT2D eigenvalue weighted by Gasteiger charge is -2.13. The number of aromatic nitrogens is 1.